The van der Waals surface area contributed by atoms with E-state index in [4.69, 9.17) is 0 Å². The van der Waals surface area contributed by atoms with Gasteiger partial charge in [-0.05, 0) is 43.7 Å². The van der Waals surface area contributed by atoms with Crippen LogP contribution < -0.4 is 10.2 Å². The van der Waals surface area contributed by atoms with Crippen LogP contribution in [0.2, 0.25) is 0 Å². The zero-order chi connectivity index (χ0) is 14.1. The minimum absolute atomic E-state index is 0.186. The van der Waals surface area contributed by atoms with Crippen LogP contribution in [-0.2, 0) is 0 Å². The van der Waals surface area contributed by atoms with Gasteiger partial charge in [0.1, 0.15) is 5.69 Å². The van der Waals surface area contributed by atoms with Gasteiger partial charge in [0, 0.05) is 30.9 Å². The minimum Gasteiger partial charge on any atom is -0.377 e. The Balaban J connectivity index is 1.85. The Morgan fingerprint density at radius 3 is 2.80 bits per heavy atom. The molecule has 1 aliphatic heterocycles. The number of hydrogen-bond acceptors (Lipinski definition) is 4. The molecule has 3 rings (SSSR count). The SMILES string of the molecule is C[C@H]1CCCN(c2ccc([N+](=O)[O-])c(NC3CC3)c2)C1. The van der Waals surface area contributed by atoms with Crippen LogP contribution in [0.1, 0.15) is 32.6 Å². The minimum atomic E-state index is -0.298. The lowest BCUT2D eigenvalue weighted by molar-refractivity contribution is -0.384. The van der Waals surface area contributed by atoms with Crippen LogP contribution in [0.5, 0.6) is 0 Å². The average molecular weight is 275 g/mol. The predicted molar refractivity (Wildman–Crippen MR) is 80.4 cm³/mol. The fraction of sp³-hybridized carbons (Fsp3) is 0.600. The van der Waals surface area contributed by atoms with E-state index in [2.05, 4.69) is 17.1 Å². The quantitative estimate of drug-likeness (QED) is 0.676. The lowest BCUT2D eigenvalue weighted by Gasteiger charge is -2.33. The number of nitro benzene ring substituents is 1. The molecule has 1 heterocycles. The zero-order valence-corrected chi connectivity index (χ0v) is 11.8. The summed E-state index contributed by atoms with van der Waals surface area (Å²) in [4.78, 5) is 13.2. The molecule has 1 aromatic carbocycles. The van der Waals surface area contributed by atoms with Gasteiger partial charge < -0.3 is 10.2 Å². The van der Waals surface area contributed by atoms with Crippen LogP contribution in [0.25, 0.3) is 0 Å². The van der Waals surface area contributed by atoms with Gasteiger partial charge in [0.2, 0.25) is 0 Å². The Labute approximate surface area is 119 Å². The van der Waals surface area contributed by atoms with E-state index in [0.29, 0.717) is 17.6 Å². The van der Waals surface area contributed by atoms with E-state index in [1.807, 2.05) is 12.1 Å². The molecule has 0 spiro atoms. The van der Waals surface area contributed by atoms with Gasteiger partial charge in [-0.3, -0.25) is 10.1 Å². The van der Waals surface area contributed by atoms with Gasteiger partial charge in [-0.1, -0.05) is 6.92 Å². The molecular weight excluding hydrogens is 254 g/mol. The third-order valence-corrected chi connectivity index (χ3v) is 4.14. The van der Waals surface area contributed by atoms with E-state index >= 15 is 0 Å². The third kappa shape index (κ3) is 2.86. The van der Waals surface area contributed by atoms with Gasteiger partial charge in [-0.15, -0.1) is 0 Å². The van der Waals surface area contributed by atoms with Crippen molar-refractivity contribution in [1.82, 2.24) is 0 Å². The van der Waals surface area contributed by atoms with Crippen molar-refractivity contribution in [2.45, 2.75) is 38.6 Å². The summed E-state index contributed by atoms with van der Waals surface area (Å²) in [6, 6.07) is 5.89. The highest BCUT2D eigenvalue weighted by Crippen LogP contribution is 2.35. The first-order valence-corrected chi connectivity index (χ1v) is 7.43. The number of anilines is 2. The molecule has 1 atom stereocenters. The molecule has 0 unspecified atom stereocenters. The molecule has 2 fully saturated rings. The summed E-state index contributed by atoms with van der Waals surface area (Å²) in [6.07, 6.45) is 4.70. The maximum Gasteiger partial charge on any atom is 0.292 e. The molecule has 5 heteroatoms. The Morgan fingerprint density at radius 1 is 1.35 bits per heavy atom. The standard InChI is InChI=1S/C15H21N3O2/c1-11-3-2-8-17(10-11)13-6-7-15(18(19)20)14(9-13)16-12-4-5-12/h6-7,9,11-12,16H,2-5,8,10H2,1H3/t11-/m0/s1. The summed E-state index contributed by atoms with van der Waals surface area (Å²) in [5, 5.41) is 14.4. The maximum atomic E-state index is 11.1. The fourth-order valence-corrected chi connectivity index (χ4v) is 2.87. The van der Waals surface area contributed by atoms with E-state index in [-0.39, 0.29) is 10.6 Å². The molecule has 1 aromatic rings. The van der Waals surface area contributed by atoms with E-state index in [9.17, 15) is 10.1 Å². The van der Waals surface area contributed by atoms with E-state index < -0.39 is 0 Å². The summed E-state index contributed by atoms with van der Waals surface area (Å²) in [5.74, 6) is 0.693. The van der Waals surface area contributed by atoms with Gasteiger partial charge >= 0.3 is 0 Å². The predicted octanol–water partition coefficient (Wildman–Crippen LogP) is 3.41. The summed E-state index contributed by atoms with van der Waals surface area (Å²) < 4.78 is 0. The van der Waals surface area contributed by atoms with Crippen LogP contribution in [0.4, 0.5) is 17.1 Å². The lowest BCUT2D eigenvalue weighted by atomic mass is 9.99. The van der Waals surface area contributed by atoms with Gasteiger partial charge in [-0.25, -0.2) is 0 Å². The Kier molecular flexibility index (Phi) is 3.51. The van der Waals surface area contributed by atoms with Crippen molar-refractivity contribution < 1.29 is 4.92 Å². The van der Waals surface area contributed by atoms with Crippen LogP contribution in [0, 0.1) is 16.0 Å². The number of rotatable bonds is 4. The molecule has 1 saturated carbocycles. The van der Waals surface area contributed by atoms with Gasteiger partial charge in [-0.2, -0.15) is 0 Å². The first kappa shape index (κ1) is 13.2. The molecule has 5 nitrogen and oxygen atoms in total. The number of hydrogen-bond donors (Lipinski definition) is 1. The highest BCUT2D eigenvalue weighted by atomic mass is 16.6. The Bertz CT molecular complexity index is 514. The van der Waals surface area contributed by atoms with E-state index in [1.165, 1.54) is 12.8 Å². The molecule has 0 amide bonds. The van der Waals surface area contributed by atoms with Crippen molar-refractivity contribution in [2.24, 2.45) is 5.92 Å². The van der Waals surface area contributed by atoms with Crippen LogP contribution >= 0.6 is 0 Å². The molecule has 0 radical (unpaired) electrons. The highest BCUT2D eigenvalue weighted by molar-refractivity contribution is 5.69. The van der Waals surface area contributed by atoms with Gasteiger partial charge in [0.25, 0.3) is 5.69 Å². The van der Waals surface area contributed by atoms with Crippen LogP contribution in [0.15, 0.2) is 18.2 Å². The van der Waals surface area contributed by atoms with Crippen LogP contribution in [0.3, 0.4) is 0 Å². The molecule has 1 saturated heterocycles. The van der Waals surface area contributed by atoms with Gasteiger partial charge in [0.05, 0.1) is 4.92 Å². The van der Waals surface area contributed by atoms with E-state index in [0.717, 1.165) is 31.6 Å². The van der Waals surface area contributed by atoms with Gasteiger partial charge in [0.15, 0.2) is 0 Å². The highest BCUT2D eigenvalue weighted by Gasteiger charge is 2.26. The fourth-order valence-electron chi connectivity index (χ4n) is 2.87. The monoisotopic (exact) mass is 275 g/mol. The van der Waals surface area contributed by atoms with Crippen LogP contribution in [-0.4, -0.2) is 24.1 Å². The summed E-state index contributed by atoms with van der Waals surface area (Å²) in [6.45, 7) is 4.35. The average Bonchev–Trinajstić information content (AvgIpc) is 3.22. The molecule has 2 aliphatic rings. The summed E-state index contributed by atoms with van der Waals surface area (Å²) in [7, 11) is 0. The molecule has 0 aromatic heterocycles. The Hall–Kier alpha value is -1.78. The molecule has 108 valence electrons. The maximum absolute atomic E-state index is 11.1. The van der Waals surface area contributed by atoms with Crippen molar-refractivity contribution in [3.63, 3.8) is 0 Å². The van der Waals surface area contributed by atoms with Crippen molar-refractivity contribution in [1.29, 1.82) is 0 Å². The number of nitrogens with zero attached hydrogens (tertiary/aromatic N) is 2. The van der Waals surface area contributed by atoms with Crippen molar-refractivity contribution in [2.75, 3.05) is 23.3 Å². The normalized spacial score (nSPS) is 22.6. The topological polar surface area (TPSA) is 58.4 Å². The van der Waals surface area contributed by atoms with Crippen molar-refractivity contribution in [3.05, 3.63) is 28.3 Å². The smallest absolute Gasteiger partial charge is 0.292 e. The first-order chi connectivity index (χ1) is 9.63. The second-order valence-electron chi connectivity index (χ2n) is 6.07. The number of benzene rings is 1. The second kappa shape index (κ2) is 5.31. The Morgan fingerprint density at radius 2 is 2.15 bits per heavy atom. The molecular formula is C15H21N3O2. The largest absolute Gasteiger partial charge is 0.377 e. The summed E-state index contributed by atoms with van der Waals surface area (Å²) >= 11 is 0. The van der Waals surface area contributed by atoms with Crippen molar-refractivity contribution >= 4 is 17.1 Å². The third-order valence-electron chi connectivity index (χ3n) is 4.14. The molecule has 1 aliphatic carbocycles. The summed E-state index contributed by atoms with van der Waals surface area (Å²) in [5.41, 5.74) is 1.96. The zero-order valence-electron chi connectivity index (χ0n) is 11.8. The molecule has 1 N–H and O–H groups in total. The lowest BCUT2D eigenvalue weighted by Crippen LogP contribution is -2.34. The number of piperidine rings is 1. The van der Waals surface area contributed by atoms with Crippen molar-refractivity contribution in [3.8, 4) is 0 Å². The number of nitrogens with one attached hydrogen (secondary N) is 1. The molecule has 20 heavy (non-hydrogen) atoms. The number of nitro groups is 1. The molecule has 0 bridgehead atoms. The second-order valence-corrected chi connectivity index (χ2v) is 6.07. The van der Waals surface area contributed by atoms with E-state index in [1.54, 1.807) is 6.07 Å². The first-order valence-electron chi connectivity index (χ1n) is 7.43.